The van der Waals surface area contributed by atoms with Crippen molar-refractivity contribution in [3.05, 3.63) is 57.6 Å². The Balaban J connectivity index is 0. The van der Waals surface area contributed by atoms with E-state index in [0.717, 1.165) is 26.2 Å². The third kappa shape index (κ3) is 10.7. The Labute approximate surface area is 253 Å². The monoisotopic (exact) mass is 668 g/mol. The number of halogens is 2. The average molecular weight is 670 g/mol. The van der Waals surface area contributed by atoms with Crippen molar-refractivity contribution in [2.45, 2.75) is 92.9 Å². The third-order valence-electron chi connectivity index (χ3n) is 6.38. The van der Waals surface area contributed by atoms with Gasteiger partial charge in [0.2, 0.25) is 0 Å². The van der Waals surface area contributed by atoms with Gasteiger partial charge in [0.15, 0.2) is 0 Å². The predicted octanol–water partition coefficient (Wildman–Crippen LogP) is 1.92. The van der Waals surface area contributed by atoms with E-state index in [1.807, 2.05) is 0 Å². The quantitative estimate of drug-likeness (QED) is 0.303. The first-order valence-corrected chi connectivity index (χ1v) is 13.0. The summed E-state index contributed by atoms with van der Waals surface area (Å²) in [6, 6.07) is 9.37. The van der Waals surface area contributed by atoms with E-state index in [2.05, 4.69) is 109 Å². The Morgan fingerprint density at radius 1 is 0.500 bits per heavy atom. The molecule has 3 N–H and O–H groups in total. The van der Waals surface area contributed by atoms with Gasteiger partial charge in [-0.1, -0.05) is 90.8 Å². The van der Waals surface area contributed by atoms with Crippen molar-refractivity contribution in [3.8, 4) is 0 Å². The molecule has 0 atom stereocenters. The van der Waals surface area contributed by atoms with E-state index in [9.17, 15) is 0 Å². The van der Waals surface area contributed by atoms with Gasteiger partial charge in [0.05, 0.1) is 0 Å². The summed E-state index contributed by atoms with van der Waals surface area (Å²) >= 11 is 0. The fraction of sp³-hybridized carbons (Fsp3) is 0.600. The molecule has 0 saturated carbocycles. The van der Waals surface area contributed by atoms with Gasteiger partial charge in [0.1, 0.15) is 0 Å². The second-order valence-corrected chi connectivity index (χ2v) is 10.9. The van der Waals surface area contributed by atoms with Crippen LogP contribution in [-0.4, -0.2) is 26.2 Å². The molecule has 0 fully saturated rings. The minimum absolute atomic E-state index is 0. The Morgan fingerprint density at radius 2 is 0.750 bits per heavy atom. The standard InChI is InChI=1S/C30H49N3.2BrH.Co/c1-19(2)25-15-23(9)16-26(20(3)4)29(25)32-13-11-31-12-14-33-30-27(21(5)6)17-24(10)18-28(30)22(7)8;;;/h15-22,31-33H,11-14H2,1-10H3;2*1H;/q;;;+2/p-2. The van der Waals surface area contributed by atoms with Gasteiger partial charge in [-0.2, -0.15) is 0 Å². The maximum absolute atomic E-state index is 3.75. The fourth-order valence-corrected chi connectivity index (χ4v) is 4.59. The molecule has 6 heteroatoms. The Bertz CT molecular complexity index is 780. The fourth-order valence-electron chi connectivity index (χ4n) is 4.59. The zero-order valence-corrected chi connectivity index (χ0v) is 28.2. The Hall–Kier alpha value is -0.534. The van der Waals surface area contributed by atoms with Gasteiger partial charge in [0.25, 0.3) is 0 Å². The van der Waals surface area contributed by atoms with Crippen LogP contribution in [0.4, 0.5) is 11.4 Å². The molecule has 0 aliphatic rings. The Kier molecular flexibility index (Phi) is 18.7. The van der Waals surface area contributed by atoms with E-state index in [1.165, 1.54) is 44.8 Å². The van der Waals surface area contributed by atoms with Gasteiger partial charge in [-0.25, -0.2) is 0 Å². The topological polar surface area (TPSA) is 36.1 Å². The summed E-state index contributed by atoms with van der Waals surface area (Å²) in [5.74, 6) is 2.06. The molecule has 0 amide bonds. The van der Waals surface area contributed by atoms with Crippen molar-refractivity contribution >= 4 is 11.4 Å². The van der Waals surface area contributed by atoms with Crippen molar-refractivity contribution in [1.29, 1.82) is 0 Å². The van der Waals surface area contributed by atoms with Gasteiger partial charge >= 0.3 is 16.8 Å². The Morgan fingerprint density at radius 3 is 0.972 bits per heavy atom. The van der Waals surface area contributed by atoms with Crippen LogP contribution in [-0.2, 0) is 16.8 Å². The molecule has 3 nitrogen and oxygen atoms in total. The van der Waals surface area contributed by atoms with Crippen LogP contribution in [0, 0.1) is 13.8 Å². The third-order valence-corrected chi connectivity index (χ3v) is 6.38. The second-order valence-electron chi connectivity index (χ2n) is 10.9. The van der Waals surface area contributed by atoms with Crippen molar-refractivity contribution < 1.29 is 50.7 Å². The van der Waals surface area contributed by atoms with Gasteiger partial charge in [0, 0.05) is 37.6 Å². The van der Waals surface area contributed by atoms with Crippen LogP contribution in [0.2, 0.25) is 0 Å². The molecule has 36 heavy (non-hydrogen) atoms. The second kappa shape index (κ2) is 17.9. The summed E-state index contributed by atoms with van der Waals surface area (Å²) < 4.78 is 0. The number of hydrogen-bond acceptors (Lipinski definition) is 3. The van der Waals surface area contributed by atoms with Crippen LogP contribution < -0.4 is 49.9 Å². The summed E-state index contributed by atoms with van der Waals surface area (Å²) in [7, 11) is 0. The number of aryl methyl sites for hydroxylation is 2. The van der Waals surface area contributed by atoms with Gasteiger partial charge in [-0.3, -0.25) is 0 Å². The zero-order valence-electron chi connectivity index (χ0n) is 24.0. The number of nitrogens with one attached hydrogen (secondary N) is 3. The van der Waals surface area contributed by atoms with E-state index in [4.69, 9.17) is 0 Å². The molecule has 2 aromatic rings. The molecule has 0 unspecified atom stereocenters. The molecular weight excluding hydrogens is 621 g/mol. The van der Waals surface area contributed by atoms with Crippen LogP contribution >= 0.6 is 0 Å². The molecule has 0 aromatic heterocycles. The van der Waals surface area contributed by atoms with Crippen LogP contribution in [0.3, 0.4) is 0 Å². The molecule has 2 aromatic carbocycles. The number of hydrogen-bond donors (Lipinski definition) is 3. The molecule has 2 rings (SSSR count). The molecule has 0 aliphatic heterocycles. The number of rotatable bonds is 12. The molecule has 0 bridgehead atoms. The first-order valence-electron chi connectivity index (χ1n) is 13.0. The van der Waals surface area contributed by atoms with Crippen molar-refractivity contribution in [2.75, 3.05) is 36.8 Å². The van der Waals surface area contributed by atoms with E-state index in [1.54, 1.807) is 0 Å². The average Bonchev–Trinajstić information content (AvgIpc) is 2.73. The molecule has 0 spiro atoms. The minimum Gasteiger partial charge on any atom is -1.00 e. The van der Waals surface area contributed by atoms with Crippen molar-refractivity contribution in [1.82, 2.24) is 5.32 Å². The number of benzene rings is 2. The van der Waals surface area contributed by atoms with E-state index < -0.39 is 0 Å². The molecule has 0 heterocycles. The summed E-state index contributed by atoms with van der Waals surface area (Å²) in [6.07, 6.45) is 0. The molecule has 0 aliphatic carbocycles. The summed E-state index contributed by atoms with van der Waals surface area (Å²) in [6.45, 7) is 26.5. The smallest absolute Gasteiger partial charge is 1.00 e. The van der Waals surface area contributed by atoms with Gasteiger partial charge in [-0.05, 0) is 59.8 Å². The van der Waals surface area contributed by atoms with Crippen LogP contribution in [0.25, 0.3) is 0 Å². The van der Waals surface area contributed by atoms with Crippen LogP contribution in [0.5, 0.6) is 0 Å². The van der Waals surface area contributed by atoms with Gasteiger partial charge < -0.3 is 49.9 Å². The first kappa shape index (κ1) is 37.6. The van der Waals surface area contributed by atoms with Gasteiger partial charge in [-0.15, -0.1) is 0 Å². The predicted molar refractivity (Wildman–Crippen MR) is 149 cm³/mol. The minimum atomic E-state index is 0. The van der Waals surface area contributed by atoms with E-state index >= 15 is 0 Å². The van der Waals surface area contributed by atoms with E-state index in [0.29, 0.717) is 23.7 Å². The zero-order chi connectivity index (χ0) is 24.7. The van der Waals surface area contributed by atoms with Crippen LogP contribution in [0.1, 0.15) is 112 Å². The molecule has 1 radical (unpaired) electrons. The first-order chi connectivity index (χ1) is 15.5. The summed E-state index contributed by atoms with van der Waals surface area (Å²) in [5, 5.41) is 11.1. The maximum atomic E-state index is 3.75. The molecule has 0 saturated heterocycles. The summed E-state index contributed by atoms with van der Waals surface area (Å²) in [4.78, 5) is 0. The van der Waals surface area contributed by atoms with Crippen molar-refractivity contribution in [2.24, 2.45) is 0 Å². The number of anilines is 2. The van der Waals surface area contributed by atoms with E-state index in [-0.39, 0.29) is 50.7 Å². The largest absolute Gasteiger partial charge is 2.00 e. The maximum Gasteiger partial charge on any atom is 2.00 e. The summed E-state index contributed by atoms with van der Waals surface area (Å²) in [5.41, 5.74) is 11.1. The molecular formula is C30H49Br2CoN3. The SMILES string of the molecule is Cc1cc(C(C)C)c(NCCNCCNc2c(C(C)C)cc(C)cc2C(C)C)c(C(C)C)c1.[Br-].[Br-].[Co+2]. The van der Waals surface area contributed by atoms with Crippen LogP contribution in [0.15, 0.2) is 24.3 Å². The normalized spacial score (nSPS) is 10.8. The van der Waals surface area contributed by atoms with Crippen molar-refractivity contribution in [3.63, 3.8) is 0 Å². The molecule has 207 valence electrons.